The lowest BCUT2D eigenvalue weighted by Crippen LogP contribution is -2.14. The van der Waals surface area contributed by atoms with Gasteiger partial charge in [0.2, 0.25) is 0 Å². The molecule has 2 N–H and O–H groups in total. The molecule has 3 rings (SSSR count). The minimum atomic E-state index is -0.748. The smallest absolute Gasteiger partial charge is 0.412 e. The van der Waals surface area contributed by atoms with E-state index in [-0.39, 0.29) is 17.4 Å². The average Bonchev–Trinajstić information content (AvgIpc) is 2.87. The molecule has 0 aliphatic rings. The van der Waals surface area contributed by atoms with Gasteiger partial charge in [-0.05, 0) is 11.6 Å². The fraction of sp³-hybridized carbons (Fsp3) is 0.0667. The lowest BCUT2D eigenvalue weighted by Gasteiger charge is -2.08. The van der Waals surface area contributed by atoms with Gasteiger partial charge in [-0.25, -0.2) is 9.18 Å². The Hall–Kier alpha value is -2.60. The molecule has 0 saturated carbocycles. The maximum Gasteiger partial charge on any atom is 0.412 e. The standard InChI is InChI=1S/C15H11ClFN3O2/c16-14-10-6-13(11(17)7-12(10)19-20-14)18-15(21)22-8-9-4-2-1-3-5-9/h1-7H,8H2,(H,18,21)(H,19,20). The van der Waals surface area contributed by atoms with Gasteiger partial charge < -0.3 is 4.74 Å². The lowest BCUT2D eigenvalue weighted by atomic mass is 10.2. The Morgan fingerprint density at radius 2 is 2.09 bits per heavy atom. The maximum absolute atomic E-state index is 13.9. The van der Waals surface area contributed by atoms with Crippen LogP contribution in [0, 0.1) is 5.82 Å². The number of nitrogens with zero attached hydrogens (tertiary/aromatic N) is 1. The highest BCUT2D eigenvalue weighted by molar-refractivity contribution is 6.34. The van der Waals surface area contributed by atoms with E-state index in [4.69, 9.17) is 16.3 Å². The first-order valence-electron chi connectivity index (χ1n) is 6.44. The monoisotopic (exact) mass is 319 g/mol. The molecule has 5 nitrogen and oxygen atoms in total. The SMILES string of the molecule is O=C(Nc1cc2c(Cl)[nH]nc2cc1F)OCc1ccccc1. The van der Waals surface area contributed by atoms with Crippen molar-refractivity contribution in [1.29, 1.82) is 0 Å². The van der Waals surface area contributed by atoms with Crippen LogP contribution in [0.1, 0.15) is 5.56 Å². The molecule has 0 aliphatic heterocycles. The summed E-state index contributed by atoms with van der Waals surface area (Å²) in [6.45, 7) is 0.100. The van der Waals surface area contributed by atoms with Crippen molar-refractivity contribution in [2.24, 2.45) is 0 Å². The van der Waals surface area contributed by atoms with E-state index < -0.39 is 11.9 Å². The number of aromatic nitrogens is 2. The van der Waals surface area contributed by atoms with E-state index in [0.29, 0.717) is 10.9 Å². The van der Waals surface area contributed by atoms with Crippen LogP contribution in [0.3, 0.4) is 0 Å². The van der Waals surface area contributed by atoms with Crippen molar-refractivity contribution in [1.82, 2.24) is 10.2 Å². The fourth-order valence-corrected chi connectivity index (χ4v) is 2.16. The Kier molecular flexibility index (Phi) is 3.93. The number of nitrogens with one attached hydrogen (secondary N) is 2. The summed E-state index contributed by atoms with van der Waals surface area (Å²) in [5, 5.41) is 9.51. The number of benzene rings is 2. The number of carbonyl (C=O) groups excluding carboxylic acids is 1. The molecule has 0 radical (unpaired) electrons. The zero-order valence-electron chi connectivity index (χ0n) is 11.3. The number of hydrogen-bond donors (Lipinski definition) is 2. The molecular formula is C15H11ClFN3O2. The summed E-state index contributed by atoms with van der Waals surface area (Å²) in [5.41, 5.74) is 1.20. The summed E-state index contributed by atoms with van der Waals surface area (Å²) in [5.74, 6) is -0.618. The molecule has 7 heteroatoms. The molecule has 1 aromatic heterocycles. The molecule has 0 saturated heterocycles. The van der Waals surface area contributed by atoms with Crippen LogP contribution in [-0.4, -0.2) is 16.3 Å². The highest BCUT2D eigenvalue weighted by Crippen LogP contribution is 2.26. The van der Waals surface area contributed by atoms with Gasteiger partial charge in [-0.2, -0.15) is 5.10 Å². The van der Waals surface area contributed by atoms with E-state index in [2.05, 4.69) is 15.5 Å². The van der Waals surface area contributed by atoms with E-state index in [1.807, 2.05) is 30.3 Å². The van der Waals surface area contributed by atoms with Crippen LogP contribution in [-0.2, 0) is 11.3 Å². The zero-order chi connectivity index (χ0) is 15.5. The maximum atomic E-state index is 13.9. The van der Waals surface area contributed by atoms with E-state index >= 15 is 0 Å². The first-order valence-corrected chi connectivity index (χ1v) is 6.82. The third-order valence-corrected chi connectivity index (χ3v) is 3.33. The van der Waals surface area contributed by atoms with E-state index in [0.717, 1.165) is 5.56 Å². The second-order valence-corrected chi connectivity index (χ2v) is 4.95. The van der Waals surface area contributed by atoms with Gasteiger partial charge in [0, 0.05) is 11.5 Å². The quantitative estimate of drug-likeness (QED) is 0.763. The molecule has 0 atom stereocenters. The number of rotatable bonds is 3. The van der Waals surface area contributed by atoms with E-state index in [9.17, 15) is 9.18 Å². The largest absolute Gasteiger partial charge is 0.444 e. The number of ether oxygens (including phenoxy) is 1. The highest BCUT2D eigenvalue weighted by Gasteiger charge is 2.12. The number of amides is 1. The summed E-state index contributed by atoms with van der Waals surface area (Å²) in [4.78, 5) is 11.7. The van der Waals surface area contributed by atoms with Crippen LogP contribution >= 0.6 is 11.6 Å². The Labute approximate surface area is 130 Å². The number of fused-ring (bicyclic) bond motifs is 1. The topological polar surface area (TPSA) is 67.0 Å². The minimum absolute atomic E-state index is 0.0196. The predicted octanol–water partition coefficient (Wildman–Crippen LogP) is 4.10. The second kappa shape index (κ2) is 6.03. The average molecular weight is 320 g/mol. The molecular weight excluding hydrogens is 309 g/mol. The van der Waals surface area contributed by atoms with Gasteiger partial charge in [-0.15, -0.1) is 0 Å². The molecule has 0 aliphatic carbocycles. The van der Waals surface area contributed by atoms with Crippen LogP contribution in [0.5, 0.6) is 0 Å². The fourth-order valence-electron chi connectivity index (χ4n) is 1.97. The van der Waals surface area contributed by atoms with Crippen LogP contribution < -0.4 is 5.32 Å². The van der Waals surface area contributed by atoms with E-state index in [1.54, 1.807) is 0 Å². The molecule has 0 spiro atoms. The van der Waals surface area contributed by atoms with Crippen molar-refractivity contribution in [3.8, 4) is 0 Å². The normalized spacial score (nSPS) is 10.6. The third-order valence-electron chi connectivity index (χ3n) is 3.05. The van der Waals surface area contributed by atoms with Gasteiger partial charge in [-0.3, -0.25) is 10.4 Å². The molecule has 0 fully saturated rings. The lowest BCUT2D eigenvalue weighted by molar-refractivity contribution is 0.155. The van der Waals surface area contributed by atoms with Crippen LogP contribution in [0.2, 0.25) is 5.15 Å². The van der Waals surface area contributed by atoms with Crippen molar-refractivity contribution in [3.63, 3.8) is 0 Å². The van der Waals surface area contributed by atoms with Gasteiger partial charge in [0.05, 0.1) is 11.2 Å². The molecule has 112 valence electrons. The van der Waals surface area contributed by atoms with Crippen LogP contribution in [0.15, 0.2) is 42.5 Å². The minimum Gasteiger partial charge on any atom is -0.444 e. The van der Waals surface area contributed by atoms with Gasteiger partial charge in [0.1, 0.15) is 17.6 Å². The van der Waals surface area contributed by atoms with Crippen molar-refractivity contribution in [3.05, 3.63) is 59.0 Å². The highest BCUT2D eigenvalue weighted by atomic mass is 35.5. The summed E-state index contributed by atoms with van der Waals surface area (Å²) >= 11 is 5.89. The first-order chi connectivity index (χ1) is 10.6. The third kappa shape index (κ3) is 3.01. The Balaban J connectivity index is 1.71. The number of carbonyl (C=O) groups is 1. The van der Waals surface area contributed by atoms with Crippen molar-refractivity contribution in [2.75, 3.05) is 5.32 Å². The van der Waals surface area contributed by atoms with Crippen molar-refractivity contribution >= 4 is 34.3 Å². The van der Waals surface area contributed by atoms with Gasteiger partial charge in [-0.1, -0.05) is 41.9 Å². The van der Waals surface area contributed by atoms with E-state index in [1.165, 1.54) is 12.1 Å². The molecule has 2 aromatic carbocycles. The Morgan fingerprint density at radius 1 is 1.32 bits per heavy atom. The molecule has 22 heavy (non-hydrogen) atoms. The Morgan fingerprint density at radius 3 is 2.86 bits per heavy atom. The molecule has 0 bridgehead atoms. The number of anilines is 1. The number of halogens is 2. The summed E-state index contributed by atoms with van der Waals surface area (Å²) in [6.07, 6.45) is -0.748. The number of hydrogen-bond acceptors (Lipinski definition) is 3. The first kappa shape index (κ1) is 14.3. The van der Waals surface area contributed by atoms with Crippen molar-refractivity contribution < 1.29 is 13.9 Å². The van der Waals surface area contributed by atoms with Crippen LogP contribution in [0.4, 0.5) is 14.9 Å². The Bertz CT molecular complexity index is 820. The molecule has 1 heterocycles. The van der Waals surface area contributed by atoms with Gasteiger partial charge in [0.25, 0.3) is 0 Å². The van der Waals surface area contributed by atoms with Crippen LogP contribution in [0.25, 0.3) is 10.9 Å². The molecule has 0 unspecified atom stereocenters. The summed E-state index contributed by atoms with van der Waals surface area (Å²) < 4.78 is 18.9. The molecule has 1 amide bonds. The summed E-state index contributed by atoms with van der Waals surface area (Å²) in [6, 6.07) is 11.8. The number of aromatic amines is 1. The summed E-state index contributed by atoms with van der Waals surface area (Å²) in [7, 11) is 0. The number of H-pyrrole nitrogens is 1. The second-order valence-electron chi connectivity index (χ2n) is 4.57. The zero-order valence-corrected chi connectivity index (χ0v) is 12.0. The predicted molar refractivity (Wildman–Crippen MR) is 81.3 cm³/mol. The van der Waals surface area contributed by atoms with Gasteiger partial charge >= 0.3 is 6.09 Å². The van der Waals surface area contributed by atoms with Crippen molar-refractivity contribution in [2.45, 2.75) is 6.61 Å². The van der Waals surface area contributed by atoms with Gasteiger partial charge in [0.15, 0.2) is 0 Å². The molecule has 3 aromatic rings.